The number of carboxylic acid groups (broad SMARTS) is 1. The predicted octanol–water partition coefficient (Wildman–Crippen LogP) is 4.46. The van der Waals surface area contributed by atoms with Crippen LogP contribution in [0, 0.1) is 11.3 Å². The Morgan fingerprint density at radius 1 is 1.29 bits per heavy atom. The Bertz CT molecular complexity index is 599. The highest BCUT2D eigenvalue weighted by Gasteiger charge is 2.39. The van der Waals surface area contributed by atoms with Gasteiger partial charge in [-0.3, -0.25) is 4.79 Å². The number of aromatic carboxylic acids is 1. The summed E-state index contributed by atoms with van der Waals surface area (Å²) >= 11 is 11.9. The van der Waals surface area contributed by atoms with Crippen LogP contribution in [0.5, 0.6) is 0 Å². The number of nitrogens with one attached hydrogen (secondary N) is 1. The molecule has 1 aliphatic carbocycles. The lowest BCUT2D eigenvalue weighted by Crippen LogP contribution is -2.31. The zero-order valence-corrected chi connectivity index (χ0v) is 13.4. The van der Waals surface area contributed by atoms with Crippen LogP contribution < -0.4 is 5.32 Å². The van der Waals surface area contributed by atoms with Crippen LogP contribution in [-0.4, -0.2) is 17.0 Å². The molecule has 1 aromatic rings. The minimum atomic E-state index is -1.22. The second-order valence-corrected chi connectivity index (χ2v) is 6.82. The first-order valence-corrected chi connectivity index (χ1v) is 7.52. The molecule has 6 heteroatoms. The Balaban J connectivity index is 2.34. The molecule has 1 aliphatic rings. The first kappa shape index (κ1) is 16.1. The molecule has 0 saturated heterocycles. The number of halogens is 2. The fourth-order valence-corrected chi connectivity index (χ4v) is 3.35. The highest BCUT2D eigenvalue weighted by Crippen LogP contribution is 2.43. The quantitative estimate of drug-likeness (QED) is 0.860. The number of carboxylic acids is 1. The molecular formula is C15H17Cl2NO3. The van der Waals surface area contributed by atoms with Crippen LogP contribution in [0.3, 0.4) is 0 Å². The van der Waals surface area contributed by atoms with Gasteiger partial charge < -0.3 is 10.4 Å². The molecule has 1 aromatic carbocycles. The first-order chi connectivity index (χ1) is 9.74. The average Bonchev–Trinajstić information content (AvgIpc) is 2.73. The zero-order chi connectivity index (χ0) is 15.8. The van der Waals surface area contributed by atoms with Gasteiger partial charge in [0.05, 0.1) is 15.7 Å². The van der Waals surface area contributed by atoms with E-state index in [1.807, 2.05) is 13.8 Å². The van der Waals surface area contributed by atoms with Crippen LogP contribution in [-0.2, 0) is 4.79 Å². The van der Waals surface area contributed by atoms with Gasteiger partial charge in [0, 0.05) is 5.92 Å². The molecule has 0 heterocycles. The summed E-state index contributed by atoms with van der Waals surface area (Å²) in [6.45, 7) is 4.09. The van der Waals surface area contributed by atoms with Gasteiger partial charge in [0.15, 0.2) is 0 Å². The molecule has 1 atom stereocenters. The highest BCUT2D eigenvalue weighted by molar-refractivity contribution is 6.38. The summed E-state index contributed by atoms with van der Waals surface area (Å²) < 4.78 is 0. The van der Waals surface area contributed by atoms with Gasteiger partial charge in [-0.25, -0.2) is 4.79 Å². The van der Waals surface area contributed by atoms with E-state index < -0.39 is 5.97 Å². The Labute approximate surface area is 133 Å². The number of carbonyl (C=O) groups is 2. The number of benzene rings is 1. The smallest absolute Gasteiger partial charge is 0.339 e. The molecule has 1 unspecified atom stereocenters. The molecule has 0 spiro atoms. The van der Waals surface area contributed by atoms with Crippen LogP contribution >= 0.6 is 23.2 Å². The molecule has 1 saturated carbocycles. The standard InChI is InChI=1S/C15H17Cl2NO3/c1-15(2)7-3-4-8(15)13(19)18-12-10(17)6-5-9(16)11(12)14(20)21/h5-6,8H,3-4,7H2,1-2H3,(H,18,19)(H,20,21). The number of hydrogen-bond acceptors (Lipinski definition) is 2. The summed E-state index contributed by atoms with van der Waals surface area (Å²) in [5, 5.41) is 12.1. The van der Waals surface area contributed by atoms with E-state index in [9.17, 15) is 14.7 Å². The molecule has 114 valence electrons. The van der Waals surface area contributed by atoms with Gasteiger partial charge >= 0.3 is 5.97 Å². The van der Waals surface area contributed by atoms with Crippen molar-refractivity contribution in [3.63, 3.8) is 0 Å². The summed E-state index contributed by atoms with van der Waals surface area (Å²) in [4.78, 5) is 23.8. The summed E-state index contributed by atoms with van der Waals surface area (Å²) in [5.41, 5.74) is -0.198. The molecule has 4 nitrogen and oxygen atoms in total. The van der Waals surface area contributed by atoms with Crippen LogP contribution in [0.2, 0.25) is 10.0 Å². The first-order valence-electron chi connectivity index (χ1n) is 6.76. The molecule has 1 amide bonds. The van der Waals surface area contributed by atoms with E-state index >= 15 is 0 Å². The van der Waals surface area contributed by atoms with E-state index in [-0.39, 0.29) is 38.5 Å². The SMILES string of the molecule is CC1(C)CCCC1C(=O)Nc1c(Cl)ccc(Cl)c1C(=O)O. The molecular weight excluding hydrogens is 313 g/mol. The van der Waals surface area contributed by atoms with Gasteiger partial charge in [-0.1, -0.05) is 43.5 Å². The Hall–Kier alpha value is -1.26. The molecule has 2 N–H and O–H groups in total. The van der Waals surface area contributed by atoms with Crippen molar-refractivity contribution in [2.75, 3.05) is 5.32 Å². The van der Waals surface area contributed by atoms with Gasteiger partial charge in [-0.05, 0) is 30.4 Å². The lowest BCUT2D eigenvalue weighted by Gasteiger charge is -2.26. The second-order valence-electron chi connectivity index (χ2n) is 6.01. The van der Waals surface area contributed by atoms with Crippen LogP contribution in [0.15, 0.2) is 12.1 Å². The molecule has 1 fully saturated rings. The van der Waals surface area contributed by atoms with E-state index in [1.165, 1.54) is 12.1 Å². The van der Waals surface area contributed by atoms with E-state index in [1.54, 1.807) is 0 Å². The van der Waals surface area contributed by atoms with Gasteiger partial charge in [-0.2, -0.15) is 0 Å². The predicted molar refractivity (Wildman–Crippen MR) is 83.2 cm³/mol. The van der Waals surface area contributed by atoms with E-state index in [4.69, 9.17) is 23.2 Å². The minimum absolute atomic E-state index is 0.0490. The van der Waals surface area contributed by atoms with Gasteiger partial charge in [0.1, 0.15) is 5.56 Å². The third kappa shape index (κ3) is 3.16. The largest absolute Gasteiger partial charge is 0.478 e. The molecule has 2 rings (SSSR count). The van der Waals surface area contributed by atoms with Crippen molar-refractivity contribution in [2.24, 2.45) is 11.3 Å². The third-order valence-corrected chi connectivity index (χ3v) is 4.77. The van der Waals surface area contributed by atoms with Crippen molar-refractivity contribution >= 4 is 40.8 Å². The van der Waals surface area contributed by atoms with Crippen molar-refractivity contribution in [2.45, 2.75) is 33.1 Å². The van der Waals surface area contributed by atoms with Crippen molar-refractivity contribution in [1.82, 2.24) is 0 Å². The Morgan fingerprint density at radius 3 is 2.43 bits per heavy atom. The Morgan fingerprint density at radius 2 is 1.90 bits per heavy atom. The summed E-state index contributed by atoms with van der Waals surface area (Å²) in [6, 6.07) is 2.88. The van der Waals surface area contributed by atoms with E-state index in [0.717, 1.165) is 19.3 Å². The van der Waals surface area contributed by atoms with Gasteiger partial charge in [0.25, 0.3) is 0 Å². The molecule has 21 heavy (non-hydrogen) atoms. The maximum Gasteiger partial charge on any atom is 0.339 e. The average molecular weight is 330 g/mol. The lowest BCUT2D eigenvalue weighted by molar-refractivity contribution is -0.122. The topological polar surface area (TPSA) is 66.4 Å². The molecule has 0 aliphatic heterocycles. The van der Waals surface area contributed by atoms with E-state index in [0.29, 0.717) is 0 Å². The minimum Gasteiger partial charge on any atom is -0.478 e. The normalized spacial score (nSPS) is 20.3. The number of anilines is 1. The molecule has 0 radical (unpaired) electrons. The monoisotopic (exact) mass is 329 g/mol. The van der Waals surface area contributed by atoms with Crippen LogP contribution in [0.25, 0.3) is 0 Å². The lowest BCUT2D eigenvalue weighted by atomic mass is 9.81. The number of amides is 1. The van der Waals surface area contributed by atoms with Crippen molar-refractivity contribution in [3.8, 4) is 0 Å². The maximum absolute atomic E-state index is 12.5. The molecule has 0 aromatic heterocycles. The highest BCUT2D eigenvalue weighted by atomic mass is 35.5. The van der Waals surface area contributed by atoms with Gasteiger partial charge in [-0.15, -0.1) is 0 Å². The summed E-state index contributed by atoms with van der Waals surface area (Å²) in [5.74, 6) is -1.58. The fourth-order valence-electron chi connectivity index (χ4n) is 2.91. The summed E-state index contributed by atoms with van der Waals surface area (Å²) in [7, 11) is 0. The van der Waals surface area contributed by atoms with Crippen molar-refractivity contribution in [3.05, 3.63) is 27.7 Å². The van der Waals surface area contributed by atoms with Crippen LogP contribution in [0.4, 0.5) is 5.69 Å². The summed E-state index contributed by atoms with van der Waals surface area (Å²) in [6.07, 6.45) is 2.75. The maximum atomic E-state index is 12.5. The number of rotatable bonds is 3. The van der Waals surface area contributed by atoms with E-state index in [2.05, 4.69) is 5.32 Å². The number of carbonyl (C=O) groups excluding carboxylic acids is 1. The number of hydrogen-bond donors (Lipinski definition) is 2. The van der Waals surface area contributed by atoms with Gasteiger partial charge in [0.2, 0.25) is 5.91 Å². The third-order valence-electron chi connectivity index (χ3n) is 4.14. The fraction of sp³-hybridized carbons (Fsp3) is 0.467. The second kappa shape index (κ2) is 5.85. The Kier molecular flexibility index (Phi) is 4.49. The van der Waals surface area contributed by atoms with Crippen LogP contribution in [0.1, 0.15) is 43.5 Å². The molecule has 0 bridgehead atoms. The van der Waals surface area contributed by atoms with Crippen molar-refractivity contribution in [1.29, 1.82) is 0 Å². The zero-order valence-electron chi connectivity index (χ0n) is 11.9. The van der Waals surface area contributed by atoms with Crippen molar-refractivity contribution < 1.29 is 14.7 Å².